The van der Waals surface area contributed by atoms with Gasteiger partial charge >= 0.3 is 0 Å². The van der Waals surface area contributed by atoms with E-state index in [0.717, 1.165) is 67.0 Å². The van der Waals surface area contributed by atoms with Gasteiger partial charge in [0, 0.05) is 33.9 Å². The fourth-order valence-corrected chi connectivity index (χ4v) is 10.0. The van der Waals surface area contributed by atoms with Gasteiger partial charge in [0.1, 0.15) is 0 Å². The zero-order chi connectivity index (χ0) is 50.2. The van der Waals surface area contributed by atoms with E-state index in [1.807, 2.05) is 0 Å². The monoisotopic (exact) mass is 941 g/mol. The minimum absolute atomic E-state index is 0.00110. The first-order valence-corrected chi connectivity index (χ1v) is 26.4. The average molecular weight is 941 g/mol. The van der Waals surface area contributed by atoms with Crippen molar-refractivity contribution in [3.8, 4) is 44.5 Å². The molecule has 0 radical (unpaired) electrons. The Hall–Kier alpha value is -7.42. The number of benzene rings is 9. The maximum atomic E-state index is 2.63. The van der Waals surface area contributed by atoms with Crippen molar-refractivity contribution in [1.82, 2.24) is 0 Å². The van der Waals surface area contributed by atoms with Gasteiger partial charge in [0.15, 0.2) is 0 Å². The third kappa shape index (κ3) is 11.0. The number of para-hydroxylation sites is 1. The van der Waals surface area contributed by atoms with Crippen LogP contribution >= 0.6 is 0 Å². The summed E-state index contributed by atoms with van der Waals surface area (Å²) in [7, 11) is 0. The van der Waals surface area contributed by atoms with Gasteiger partial charge in [-0.3, -0.25) is 0 Å². The Morgan fingerprint density at radius 2 is 0.639 bits per heavy atom. The molecular weight excluding hydrogens is 869 g/mol. The molecule has 0 aliphatic heterocycles. The Morgan fingerprint density at radius 3 is 1.00 bits per heavy atom. The number of nitrogens with zero attached hydrogens (tertiary/aromatic N) is 2. The molecule has 0 aliphatic carbocycles. The summed E-state index contributed by atoms with van der Waals surface area (Å²) < 4.78 is 0. The fourth-order valence-electron chi connectivity index (χ4n) is 10.0. The molecule has 2 nitrogen and oxygen atoms in total. The zero-order valence-electron chi connectivity index (χ0n) is 43.9. The highest BCUT2D eigenvalue weighted by molar-refractivity contribution is 5.98. The van der Waals surface area contributed by atoms with Gasteiger partial charge in [-0.1, -0.05) is 244 Å². The molecule has 0 fully saturated rings. The van der Waals surface area contributed by atoms with Crippen LogP contribution in [0.1, 0.15) is 103 Å². The van der Waals surface area contributed by atoms with Crippen molar-refractivity contribution in [3.63, 3.8) is 0 Å². The van der Waals surface area contributed by atoms with Crippen molar-refractivity contribution < 1.29 is 0 Å². The first kappa shape index (κ1) is 49.6. The lowest BCUT2D eigenvalue weighted by atomic mass is 9.82. The average Bonchev–Trinajstić information content (AvgIpc) is 3.41. The minimum atomic E-state index is -0.191. The van der Waals surface area contributed by atoms with E-state index in [1.54, 1.807) is 0 Å². The first-order valence-electron chi connectivity index (χ1n) is 26.4. The predicted octanol–water partition coefficient (Wildman–Crippen LogP) is 20.6. The number of anilines is 6. The lowest BCUT2D eigenvalue weighted by Gasteiger charge is -2.36. The molecule has 2 heteroatoms. The van der Waals surface area contributed by atoms with Gasteiger partial charge in [-0.05, 0) is 135 Å². The molecule has 0 bridgehead atoms. The molecule has 0 aromatic heterocycles. The molecule has 362 valence electrons. The van der Waals surface area contributed by atoms with Crippen LogP contribution in [0.15, 0.2) is 218 Å². The molecule has 9 aromatic rings. The summed E-state index contributed by atoms with van der Waals surface area (Å²) in [5.41, 5.74) is 21.8. The fraction of sp³-hybridized carbons (Fsp3) is 0.229. The zero-order valence-corrected chi connectivity index (χ0v) is 43.9. The first-order chi connectivity index (χ1) is 34.9. The van der Waals surface area contributed by atoms with Crippen LogP contribution in [0.4, 0.5) is 34.1 Å². The second-order valence-corrected chi connectivity index (χ2v) is 21.5. The molecule has 0 unspecified atom stereocenters. The van der Waals surface area contributed by atoms with Gasteiger partial charge in [-0.15, -0.1) is 0 Å². The highest BCUT2D eigenvalue weighted by atomic mass is 15.2. The summed E-state index contributed by atoms with van der Waals surface area (Å²) in [5.74, 6) is 0. The van der Waals surface area contributed by atoms with E-state index in [0.29, 0.717) is 0 Å². The summed E-state index contributed by atoms with van der Waals surface area (Å²) in [4.78, 5) is 5.18. The maximum absolute atomic E-state index is 2.63. The number of hydrogen-bond acceptors (Lipinski definition) is 2. The summed E-state index contributed by atoms with van der Waals surface area (Å²) in [6.45, 7) is 18.8. The molecule has 0 saturated heterocycles. The smallest absolute Gasteiger partial charge is 0.0618 e. The molecule has 9 rings (SSSR count). The van der Waals surface area contributed by atoms with Crippen LogP contribution in [-0.4, -0.2) is 0 Å². The standard InChI is InChI=1S/C70H72N2/c1-9-11-26-57-46-59(69(3,4)5)47-58(27-12-10-2)67(57)71(61-42-38-53(39-43-61)51-28-17-13-18-29-51)63-48-60(70(6,7)8)49-64(50-63)72(62-44-40-54(41-45-62)52-30-19-14-20-31-52)68-65(55-32-21-15-22-33-55)36-25-37-66(68)56-34-23-16-24-35-56/h13-25,28-50H,9-12,26-27H2,1-8H3. The molecular formula is C70H72N2. The number of hydrogen-bond donors (Lipinski definition) is 0. The van der Waals surface area contributed by atoms with E-state index >= 15 is 0 Å². The van der Waals surface area contributed by atoms with Crippen molar-refractivity contribution >= 4 is 34.1 Å². The van der Waals surface area contributed by atoms with E-state index in [4.69, 9.17) is 0 Å². The molecule has 9 aromatic carbocycles. The van der Waals surface area contributed by atoms with Crippen LogP contribution in [-0.2, 0) is 23.7 Å². The van der Waals surface area contributed by atoms with Crippen LogP contribution in [0.2, 0.25) is 0 Å². The molecule has 0 aliphatic rings. The van der Waals surface area contributed by atoms with Crippen LogP contribution in [0.3, 0.4) is 0 Å². The predicted molar refractivity (Wildman–Crippen MR) is 312 cm³/mol. The topological polar surface area (TPSA) is 6.48 Å². The number of unbranched alkanes of at least 4 members (excludes halogenated alkanes) is 2. The Labute approximate surface area is 431 Å². The van der Waals surface area contributed by atoms with Crippen LogP contribution < -0.4 is 9.80 Å². The lowest BCUT2D eigenvalue weighted by molar-refractivity contribution is 0.587. The Bertz CT molecular complexity index is 3090. The maximum Gasteiger partial charge on any atom is 0.0618 e. The molecule has 0 atom stereocenters. The van der Waals surface area contributed by atoms with Gasteiger partial charge in [0.25, 0.3) is 0 Å². The van der Waals surface area contributed by atoms with Gasteiger partial charge < -0.3 is 9.80 Å². The van der Waals surface area contributed by atoms with Crippen molar-refractivity contribution in [2.75, 3.05) is 9.80 Å². The Balaban J connectivity index is 1.38. The van der Waals surface area contributed by atoms with Crippen molar-refractivity contribution in [3.05, 3.63) is 241 Å². The highest BCUT2D eigenvalue weighted by Crippen LogP contribution is 2.51. The van der Waals surface area contributed by atoms with Gasteiger partial charge in [-0.2, -0.15) is 0 Å². The van der Waals surface area contributed by atoms with Gasteiger partial charge in [0.05, 0.1) is 11.4 Å². The van der Waals surface area contributed by atoms with Crippen molar-refractivity contribution in [2.45, 2.75) is 105 Å². The third-order valence-corrected chi connectivity index (χ3v) is 14.1. The SMILES string of the molecule is CCCCc1cc(C(C)(C)C)cc(CCCC)c1N(c1ccc(-c2ccccc2)cc1)c1cc(N(c2ccc(-c3ccccc3)cc2)c2c(-c3ccccc3)cccc2-c2ccccc2)cc(C(C)(C)C)c1. The molecule has 72 heavy (non-hydrogen) atoms. The summed E-state index contributed by atoms with van der Waals surface area (Å²) >= 11 is 0. The third-order valence-electron chi connectivity index (χ3n) is 14.1. The van der Waals surface area contributed by atoms with E-state index in [2.05, 4.69) is 284 Å². The second-order valence-electron chi connectivity index (χ2n) is 21.5. The molecule has 0 saturated carbocycles. The number of rotatable bonds is 16. The normalized spacial score (nSPS) is 11.7. The van der Waals surface area contributed by atoms with Crippen LogP contribution in [0.5, 0.6) is 0 Å². The molecule has 0 heterocycles. The molecule has 0 spiro atoms. The summed E-state index contributed by atoms with van der Waals surface area (Å²) in [6.07, 6.45) is 6.50. The molecule has 0 amide bonds. The number of aryl methyl sites for hydroxylation is 2. The Kier molecular flexibility index (Phi) is 15.1. The highest BCUT2D eigenvalue weighted by Gasteiger charge is 2.29. The van der Waals surface area contributed by atoms with Crippen LogP contribution in [0.25, 0.3) is 44.5 Å². The lowest BCUT2D eigenvalue weighted by Crippen LogP contribution is -2.21. The largest absolute Gasteiger partial charge is 0.310 e. The summed E-state index contributed by atoms with van der Waals surface area (Å²) in [5, 5.41) is 0. The molecule has 0 N–H and O–H groups in total. The van der Waals surface area contributed by atoms with E-state index in [9.17, 15) is 0 Å². The van der Waals surface area contributed by atoms with E-state index < -0.39 is 0 Å². The van der Waals surface area contributed by atoms with Crippen molar-refractivity contribution in [1.29, 1.82) is 0 Å². The summed E-state index contributed by atoms with van der Waals surface area (Å²) in [6, 6.07) is 81.2. The van der Waals surface area contributed by atoms with E-state index in [1.165, 1.54) is 72.4 Å². The van der Waals surface area contributed by atoms with Crippen LogP contribution in [0, 0.1) is 0 Å². The quantitative estimate of drug-likeness (QED) is 0.0952. The Morgan fingerprint density at radius 1 is 0.306 bits per heavy atom. The van der Waals surface area contributed by atoms with Crippen molar-refractivity contribution in [2.24, 2.45) is 0 Å². The second kappa shape index (κ2) is 21.9. The van der Waals surface area contributed by atoms with Gasteiger partial charge in [-0.25, -0.2) is 0 Å². The van der Waals surface area contributed by atoms with E-state index in [-0.39, 0.29) is 10.8 Å². The minimum Gasteiger partial charge on any atom is -0.310 e. The van der Waals surface area contributed by atoms with Gasteiger partial charge in [0.2, 0.25) is 0 Å².